The number of rotatable bonds is 5. The number of halogens is 3. The largest absolute Gasteiger partial charge is 0.480 e. The summed E-state index contributed by atoms with van der Waals surface area (Å²) in [5.41, 5.74) is -0.961. The molecule has 2 atom stereocenters. The van der Waals surface area contributed by atoms with Crippen molar-refractivity contribution in [3.05, 3.63) is 29.8 Å². The second-order valence-corrected chi connectivity index (χ2v) is 5.22. The maximum atomic E-state index is 12.9. The molecule has 1 aromatic carbocycles. The number of alkyl halides is 3. The van der Waals surface area contributed by atoms with E-state index >= 15 is 0 Å². The van der Waals surface area contributed by atoms with Gasteiger partial charge in [-0.25, -0.2) is 0 Å². The Kier molecular flexibility index (Phi) is 6.00. The van der Waals surface area contributed by atoms with E-state index in [-0.39, 0.29) is 5.91 Å². The lowest BCUT2D eigenvalue weighted by Gasteiger charge is -2.21. The number of para-hydroxylation sites is 1. The van der Waals surface area contributed by atoms with Crippen LogP contribution in [0.5, 0.6) is 5.75 Å². The fraction of sp³-hybridized carbons (Fsp3) is 0.467. The molecule has 1 rings (SSSR count). The number of amides is 2. The van der Waals surface area contributed by atoms with Gasteiger partial charge in [-0.1, -0.05) is 12.1 Å². The molecule has 0 aliphatic rings. The van der Waals surface area contributed by atoms with Gasteiger partial charge < -0.3 is 15.0 Å². The molecule has 0 spiro atoms. The Bertz CT molecular complexity index is 573. The smallest absolute Gasteiger partial charge is 0.419 e. The van der Waals surface area contributed by atoms with Crippen LogP contribution in [0.3, 0.4) is 0 Å². The molecule has 1 N–H and O–H groups in total. The molecule has 0 bridgehead atoms. The Morgan fingerprint density at radius 2 is 1.74 bits per heavy atom. The van der Waals surface area contributed by atoms with Crippen LogP contribution in [-0.4, -0.2) is 43.0 Å². The molecule has 0 saturated carbocycles. The van der Waals surface area contributed by atoms with Crippen molar-refractivity contribution in [2.75, 3.05) is 14.1 Å². The highest BCUT2D eigenvalue weighted by atomic mass is 19.4. The molecule has 0 fully saturated rings. The van der Waals surface area contributed by atoms with E-state index in [4.69, 9.17) is 4.74 Å². The molecule has 0 aromatic heterocycles. The van der Waals surface area contributed by atoms with E-state index < -0.39 is 35.5 Å². The molecule has 5 nitrogen and oxygen atoms in total. The number of hydrogen-bond acceptors (Lipinski definition) is 3. The molecule has 23 heavy (non-hydrogen) atoms. The second-order valence-electron chi connectivity index (χ2n) is 5.22. The minimum atomic E-state index is -4.58. The summed E-state index contributed by atoms with van der Waals surface area (Å²) < 4.78 is 43.7. The summed E-state index contributed by atoms with van der Waals surface area (Å²) in [7, 11) is 3.06. The summed E-state index contributed by atoms with van der Waals surface area (Å²) >= 11 is 0. The van der Waals surface area contributed by atoms with E-state index in [1.807, 2.05) is 0 Å². The molecule has 0 radical (unpaired) electrons. The van der Waals surface area contributed by atoms with Crippen LogP contribution in [0.25, 0.3) is 0 Å². The van der Waals surface area contributed by atoms with Crippen molar-refractivity contribution in [1.82, 2.24) is 10.2 Å². The first-order valence-corrected chi connectivity index (χ1v) is 6.88. The van der Waals surface area contributed by atoms with Crippen molar-refractivity contribution in [1.29, 1.82) is 0 Å². The van der Waals surface area contributed by atoms with Crippen molar-refractivity contribution in [2.24, 2.45) is 0 Å². The standard InChI is InChI=1S/C15H19F3N2O3/c1-9(14(22)20(3)4)19-13(21)10(2)23-12-8-6-5-7-11(12)15(16,17)18/h5-10H,1-4H3,(H,19,21)/t9-,10+/m1/s1. The maximum Gasteiger partial charge on any atom is 0.419 e. The van der Waals surface area contributed by atoms with Crippen LogP contribution in [0.4, 0.5) is 13.2 Å². The summed E-state index contributed by atoms with van der Waals surface area (Å²) in [4.78, 5) is 24.9. The number of ether oxygens (including phenoxy) is 1. The molecular weight excluding hydrogens is 313 g/mol. The van der Waals surface area contributed by atoms with Gasteiger partial charge in [0.15, 0.2) is 6.10 Å². The third-order valence-corrected chi connectivity index (χ3v) is 3.04. The highest BCUT2D eigenvalue weighted by molar-refractivity contribution is 5.88. The van der Waals surface area contributed by atoms with E-state index in [2.05, 4.69) is 5.32 Å². The maximum absolute atomic E-state index is 12.9. The molecule has 0 aliphatic heterocycles. The highest BCUT2D eigenvalue weighted by Crippen LogP contribution is 2.36. The number of nitrogens with zero attached hydrogens (tertiary/aromatic N) is 1. The average molecular weight is 332 g/mol. The van der Waals surface area contributed by atoms with Gasteiger partial charge in [0.05, 0.1) is 5.56 Å². The summed E-state index contributed by atoms with van der Waals surface area (Å²) in [6, 6.07) is 3.83. The Morgan fingerprint density at radius 1 is 1.17 bits per heavy atom. The summed E-state index contributed by atoms with van der Waals surface area (Å²) in [6.45, 7) is 2.80. The third kappa shape index (κ3) is 5.15. The summed E-state index contributed by atoms with van der Waals surface area (Å²) in [6.07, 6.45) is -5.77. The van der Waals surface area contributed by atoms with Crippen molar-refractivity contribution in [2.45, 2.75) is 32.2 Å². The van der Waals surface area contributed by atoms with Crippen LogP contribution < -0.4 is 10.1 Å². The van der Waals surface area contributed by atoms with Gasteiger partial charge >= 0.3 is 6.18 Å². The van der Waals surface area contributed by atoms with Crippen molar-refractivity contribution in [3.8, 4) is 5.75 Å². The molecule has 0 aliphatic carbocycles. The van der Waals surface area contributed by atoms with Crippen LogP contribution in [0.1, 0.15) is 19.4 Å². The predicted octanol–water partition coefficient (Wildman–Crippen LogP) is 2.07. The number of hydrogen-bond donors (Lipinski definition) is 1. The van der Waals surface area contributed by atoms with Crippen molar-refractivity contribution in [3.63, 3.8) is 0 Å². The highest BCUT2D eigenvalue weighted by Gasteiger charge is 2.35. The average Bonchev–Trinajstić information content (AvgIpc) is 2.45. The fourth-order valence-electron chi connectivity index (χ4n) is 1.83. The normalized spacial score (nSPS) is 13.9. The lowest BCUT2D eigenvalue weighted by molar-refractivity contribution is -0.141. The number of benzene rings is 1. The fourth-order valence-corrected chi connectivity index (χ4v) is 1.83. The zero-order valence-corrected chi connectivity index (χ0v) is 13.3. The zero-order chi connectivity index (χ0) is 17.8. The van der Waals surface area contributed by atoms with Crippen LogP contribution in [0.15, 0.2) is 24.3 Å². The van der Waals surface area contributed by atoms with E-state index in [9.17, 15) is 22.8 Å². The van der Waals surface area contributed by atoms with Gasteiger partial charge in [-0.05, 0) is 26.0 Å². The third-order valence-electron chi connectivity index (χ3n) is 3.04. The Balaban J connectivity index is 2.79. The molecule has 0 unspecified atom stereocenters. The van der Waals surface area contributed by atoms with E-state index in [0.717, 1.165) is 12.1 Å². The molecule has 0 heterocycles. The van der Waals surface area contributed by atoms with Gasteiger partial charge in [0.2, 0.25) is 5.91 Å². The van der Waals surface area contributed by atoms with E-state index in [1.165, 1.54) is 45.0 Å². The Morgan fingerprint density at radius 3 is 2.26 bits per heavy atom. The lowest BCUT2D eigenvalue weighted by atomic mass is 10.2. The van der Waals surface area contributed by atoms with Crippen molar-refractivity contribution >= 4 is 11.8 Å². The topological polar surface area (TPSA) is 58.6 Å². The minimum Gasteiger partial charge on any atom is -0.480 e. The summed E-state index contributed by atoms with van der Waals surface area (Å²) in [5, 5.41) is 2.40. The van der Waals surface area contributed by atoms with Gasteiger partial charge in [0.1, 0.15) is 11.8 Å². The second kappa shape index (κ2) is 7.34. The Labute approximate surface area is 132 Å². The molecule has 128 valence electrons. The number of carbonyl (C=O) groups excluding carboxylic acids is 2. The van der Waals surface area contributed by atoms with E-state index in [1.54, 1.807) is 0 Å². The van der Waals surface area contributed by atoms with Crippen LogP contribution in [-0.2, 0) is 15.8 Å². The van der Waals surface area contributed by atoms with Gasteiger partial charge in [-0.3, -0.25) is 9.59 Å². The first-order valence-electron chi connectivity index (χ1n) is 6.88. The van der Waals surface area contributed by atoms with Gasteiger partial charge in [-0.2, -0.15) is 13.2 Å². The minimum absolute atomic E-state index is 0.332. The van der Waals surface area contributed by atoms with Crippen molar-refractivity contribution < 1.29 is 27.5 Å². The molecular formula is C15H19F3N2O3. The molecule has 0 saturated heterocycles. The lowest BCUT2D eigenvalue weighted by Crippen LogP contribution is -2.48. The SMILES string of the molecule is C[C@H](Oc1ccccc1C(F)(F)F)C(=O)N[C@H](C)C(=O)N(C)C. The molecule has 2 amide bonds. The number of carbonyl (C=O) groups is 2. The van der Waals surface area contributed by atoms with Gasteiger partial charge in [-0.15, -0.1) is 0 Å². The number of likely N-dealkylation sites (N-methyl/N-ethyl adjacent to an activating group) is 1. The Hall–Kier alpha value is -2.25. The monoisotopic (exact) mass is 332 g/mol. The van der Waals surface area contributed by atoms with Gasteiger partial charge in [0, 0.05) is 14.1 Å². The quantitative estimate of drug-likeness (QED) is 0.898. The van der Waals surface area contributed by atoms with Crippen LogP contribution in [0, 0.1) is 0 Å². The van der Waals surface area contributed by atoms with Crippen LogP contribution >= 0.6 is 0 Å². The predicted molar refractivity (Wildman–Crippen MR) is 77.8 cm³/mol. The van der Waals surface area contributed by atoms with Gasteiger partial charge in [0.25, 0.3) is 5.91 Å². The molecule has 8 heteroatoms. The van der Waals surface area contributed by atoms with Crippen LogP contribution in [0.2, 0.25) is 0 Å². The first-order chi connectivity index (χ1) is 10.5. The first kappa shape index (κ1) is 18.8. The summed E-state index contributed by atoms with van der Waals surface area (Å²) in [5.74, 6) is -1.44. The molecule has 1 aromatic rings. The van der Waals surface area contributed by atoms with E-state index in [0.29, 0.717) is 0 Å². The number of nitrogens with one attached hydrogen (secondary N) is 1. The zero-order valence-electron chi connectivity index (χ0n) is 13.3.